The highest BCUT2D eigenvalue weighted by Gasteiger charge is 2.28. The first kappa shape index (κ1) is 22.5. The van der Waals surface area contributed by atoms with Gasteiger partial charge in [-0.2, -0.15) is 4.31 Å². The summed E-state index contributed by atoms with van der Waals surface area (Å²) in [6, 6.07) is 11.0. The molecule has 30 heavy (non-hydrogen) atoms. The molecule has 0 spiro atoms. The van der Waals surface area contributed by atoms with E-state index in [2.05, 4.69) is 31.3 Å². The Hall–Kier alpha value is -2.18. The van der Waals surface area contributed by atoms with Gasteiger partial charge >= 0.3 is 0 Å². The van der Waals surface area contributed by atoms with Gasteiger partial charge in [0, 0.05) is 18.7 Å². The normalized spacial score (nSPS) is 16.3. The monoisotopic (exact) mass is 428 g/mol. The van der Waals surface area contributed by atoms with Crippen molar-refractivity contribution >= 4 is 15.9 Å². The molecular weight excluding hydrogens is 396 g/mol. The molecule has 0 aromatic heterocycles. The van der Waals surface area contributed by atoms with Crippen LogP contribution in [0.15, 0.2) is 41.3 Å². The fourth-order valence-electron chi connectivity index (χ4n) is 3.91. The van der Waals surface area contributed by atoms with E-state index in [0.717, 1.165) is 31.2 Å². The summed E-state index contributed by atoms with van der Waals surface area (Å²) in [5.74, 6) is -0.254. The average Bonchev–Trinajstić information content (AvgIpc) is 2.74. The molecule has 0 radical (unpaired) electrons. The topological polar surface area (TPSA) is 66.5 Å². The second-order valence-electron chi connectivity index (χ2n) is 8.22. The highest BCUT2D eigenvalue weighted by molar-refractivity contribution is 7.89. The van der Waals surface area contributed by atoms with Crippen molar-refractivity contribution < 1.29 is 13.2 Å². The number of carbonyl (C=O) groups excluding carboxylic acids is 1. The first-order valence-corrected chi connectivity index (χ1v) is 12.2. The molecule has 1 saturated heterocycles. The minimum atomic E-state index is -3.59. The highest BCUT2D eigenvalue weighted by Crippen LogP contribution is 2.25. The lowest BCUT2D eigenvalue weighted by molar-refractivity contribution is 0.0935. The lowest BCUT2D eigenvalue weighted by atomic mass is 9.99. The molecular formula is C24H32N2O3S. The van der Waals surface area contributed by atoms with Crippen molar-refractivity contribution in [2.24, 2.45) is 0 Å². The summed E-state index contributed by atoms with van der Waals surface area (Å²) >= 11 is 0. The number of piperidine rings is 1. The number of benzene rings is 2. The smallest absolute Gasteiger partial charge is 0.251 e. The van der Waals surface area contributed by atoms with Crippen LogP contribution in [0.3, 0.4) is 0 Å². The first-order chi connectivity index (χ1) is 14.2. The van der Waals surface area contributed by atoms with E-state index in [0.29, 0.717) is 24.2 Å². The van der Waals surface area contributed by atoms with Gasteiger partial charge in [0.05, 0.1) is 10.9 Å². The van der Waals surface area contributed by atoms with E-state index in [9.17, 15) is 13.2 Å². The zero-order valence-corrected chi connectivity index (χ0v) is 19.2. The van der Waals surface area contributed by atoms with Gasteiger partial charge in [0.1, 0.15) is 0 Å². The molecule has 0 saturated carbocycles. The van der Waals surface area contributed by atoms with E-state index in [1.54, 1.807) is 23.4 Å². The van der Waals surface area contributed by atoms with Crippen LogP contribution in [0.5, 0.6) is 0 Å². The highest BCUT2D eigenvalue weighted by atomic mass is 32.2. The number of hydrogen-bond donors (Lipinski definition) is 1. The molecule has 0 aliphatic carbocycles. The molecule has 1 aliphatic rings. The van der Waals surface area contributed by atoms with Crippen LogP contribution < -0.4 is 5.32 Å². The molecule has 2 aromatic carbocycles. The Morgan fingerprint density at radius 2 is 1.63 bits per heavy atom. The first-order valence-electron chi connectivity index (χ1n) is 10.7. The van der Waals surface area contributed by atoms with Crippen molar-refractivity contribution in [3.05, 3.63) is 64.2 Å². The Labute approximate surface area is 180 Å². The minimum Gasteiger partial charge on any atom is -0.345 e. The molecule has 5 nitrogen and oxygen atoms in total. The SMILES string of the molecule is CC[C@H](NC(=O)c1ccc(C)c(S(=O)(=O)N2CCCCC2)c1)c1ccc(C)c(C)c1. The molecule has 0 bridgehead atoms. The minimum absolute atomic E-state index is 0.125. The Balaban J connectivity index is 1.85. The Morgan fingerprint density at radius 3 is 2.27 bits per heavy atom. The Bertz CT molecular complexity index is 1020. The van der Waals surface area contributed by atoms with E-state index < -0.39 is 10.0 Å². The predicted molar refractivity (Wildman–Crippen MR) is 120 cm³/mol. The third-order valence-electron chi connectivity index (χ3n) is 6.03. The summed E-state index contributed by atoms with van der Waals surface area (Å²) < 4.78 is 27.8. The van der Waals surface area contributed by atoms with Crippen LogP contribution in [0.25, 0.3) is 0 Å². The molecule has 1 heterocycles. The predicted octanol–water partition coefficient (Wildman–Crippen LogP) is 4.67. The lowest BCUT2D eigenvalue weighted by Crippen LogP contribution is -2.36. The fourth-order valence-corrected chi connectivity index (χ4v) is 5.68. The molecule has 3 rings (SSSR count). The maximum atomic E-state index is 13.1. The Morgan fingerprint density at radius 1 is 0.967 bits per heavy atom. The quantitative estimate of drug-likeness (QED) is 0.727. The van der Waals surface area contributed by atoms with E-state index in [4.69, 9.17) is 0 Å². The van der Waals surface area contributed by atoms with Gasteiger partial charge in [-0.1, -0.05) is 37.6 Å². The summed E-state index contributed by atoms with van der Waals surface area (Å²) in [5.41, 5.74) is 4.50. The summed E-state index contributed by atoms with van der Waals surface area (Å²) in [6.07, 6.45) is 3.57. The third kappa shape index (κ3) is 4.76. The van der Waals surface area contributed by atoms with Gasteiger partial charge < -0.3 is 5.32 Å². The van der Waals surface area contributed by atoms with Crippen molar-refractivity contribution in [1.29, 1.82) is 0 Å². The second kappa shape index (κ2) is 9.31. The van der Waals surface area contributed by atoms with E-state index in [-0.39, 0.29) is 16.8 Å². The van der Waals surface area contributed by atoms with Crippen LogP contribution in [0.2, 0.25) is 0 Å². The molecule has 1 fully saturated rings. The van der Waals surface area contributed by atoms with E-state index in [1.165, 1.54) is 17.2 Å². The number of amides is 1. The van der Waals surface area contributed by atoms with Gasteiger partial charge in [-0.25, -0.2) is 8.42 Å². The number of sulfonamides is 1. The van der Waals surface area contributed by atoms with Crippen LogP contribution in [0.1, 0.15) is 71.3 Å². The zero-order valence-electron chi connectivity index (χ0n) is 18.4. The maximum Gasteiger partial charge on any atom is 0.251 e. The summed E-state index contributed by atoms with van der Waals surface area (Å²) in [5, 5.41) is 3.08. The summed E-state index contributed by atoms with van der Waals surface area (Å²) in [7, 11) is -3.59. The van der Waals surface area contributed by atoms with Crippen molar-refractivity contribution in [2.75, 3.05) is 13.1 Å². The van der Waals surface area contributed by atoms with Crippen LogP contribution in [-0.2, 0) is 10.0 Å². The number of hydrogen-bond acceptors (Lipinski definition) is 3. The maximum absolute atomic E-state index is 13.1. The van der Waals surface area contributed by atoms with Gasteiger partial charge in [-0.3, -0.25) is 4.79 Å². The molecule has 0 unspecified atom stereocenters. The van der Waals surface area contributed by atoms with Crippen molar-refractivity contribution in [1.82, 2.24) is 9.62 Å². The molecule has 162 valence electrons. The van der Waals surface area contributed by atoms with Crippen LogP contribution in [-0.4, -0.2) is 31.7 Å². The lowest BCUT2D eigenvalue weighted by Gasteiger charge is -2.26. The number of nitrogens with zero attached hydrogens (tertiary/aromatic N) is 1. The molecule has 2 aromatic rings. The number of carbonyl (C=O) groups is 1. The van der Waals surface area contributed by atoms with Crippen molar-refractivity contribution in [2.45, 2.75) is 64.3 Å². The van der Waals surface area contributed by atoms with Gasteiger partial charge in [0.2, 0.25) is 10.0 Å². The third-order valence-corrected chi connectivity index (χ3v) is 8.07. The average molecular weight is 429 g/mol. The van der Waals surface area contributed by atoms with Crippen LogP contribution >= 0.6 is 0 Å². The number of rotatable bonds is 6. The standard InChI is InChI=1S/C24H32N2O3S/c1-5-22(20-11-9-17(2)19(4)15-20)25-24(27)21-12-10-18(3)23(16-21)30(28,29)26-13-7-6-8-14-26/h9-12,15-16,22H,5-8,13-14H2,1-4H3,(H,25,27)/t22-/m0/s1. The van der Waals surface area contributed by atoms with Crippen molar-refractivity contribution in [3.63, 3.8) is 0 Å². The van der Waals surface area contributed by atoms with Gasteiger partial charge in [0.25, 0.3) is 5.91 Å². The number of aryl methyl sites for hydroxylation is 3. The van der Waals surface area contributed by atoms with Gasteiger partial charge in [-0.05, 0) is 74.4 Å². The largest absolute Gasteiger partial charge is 0.345 e. The molecule has 1 aliphatic heterocycles. The van der Waals surface area contributed by atoms with E-state index in [1.807, 2.05) is 13.0 Å². The summed E-state index contributed by atoms with van der Waals surface area (Å²) in [6.45, 7) is 9.02. The molecule has 1 amide bonds. The van der Waals surface area contributed by atoms with Gasteiger partial charge in [-0.15, -0.1) is 0 Å². The molecule has 1 atom stereocenters. The van der Waals surface area contributed by atoms with Crippen LogP contribution in [0.4, 0.5) is 0 Å². The Kier molecular flexibility index (Phi) is 6.98. The number of nitrogens with one attached hydrogen (secondary N) is 1. The van der Waals surface area contributed by atoms with Crippen LogP contribution in [0, 0.1) is 20.8 Å². The summed E-state index contributed by atoms with van der Waals surface area (Å²) in [4.78, 5) is 13.2. The van der Waals surface area contributed by atoms with E-state index >= 15 is 0 Å². The molecule has 1 N–H and O–H groups in total. The van der Waals surface area contributed by atoms with Gasteiger partial charge in [0.15, 0.2) is 0 Å². The van der Waals surface area contributed by atoms with Crippen molar-refractivity contribution in [3.8, 4) is 0 Å². The molecule has 6 heteroatoms. The second-order valence-corrected chi connectivity index (χ2v) is 10.1. The fraction of sp³-hybridized carbons (Fsp3) is 0.458. The zero-order chi connectivity index (χ0) is 21.9.